The second kappa shape index (κ2) is 10.1. The van der Waals surface area contributed by atoms with Crippen molar-refractivity contribution in [3.8, 4) is 5.69 Å². The van der Waals surface area contributed by atoms with E-state index in [0.717, 1.165) is 17.7 Å². The van der Waals surface area contributed by atoms with Crippen LogP contribution in [0.5, 0.6) is 0 Å². The van der Waals surface area contributed by atoms with Crippen molar-refractivity contribution in [1.82, 2.24) is 14.5 Å². The first-order valence-corrected chi connectivity index (χ1v) is 11.8. The lowest BCUT2D eigenvalue weighted by molar-refractivity contribution is 0.193. The van der Waals surface area contributed by atoms with Crippen LogP contribution >= 0.6 is 11.6 Å². The minimum absolute atomic E-state index is 0.153. The Morgan fingerprint density at radius 1 is 1.06 bits per heavy atom. The van der Waals surface area contributed by atoms with Crippen molar-refractivity contribution in [2.45, 2.75) is 33.2 Å². The summed E-state index contributed by atoms with van der Waals surface area (Å²) >= 11 is 6.08. The molecule has 0 spiro atoms. The van der Waals surface area contributed by atoms with Gasteiger partial charge in [0.15, 0.2) is 0 Å². The highest BCUT2D eigenvalue weighted by Crippen LogP contribution is 2.25. The zero-order chi connectivity index (χ0) is 24.2. The van der Waals surface area contributed by atoms with E-state index in [1.165, 1.54) is 0 Å². The maximum Gasteiger partial charge on any atom is 0.322 e. The van der Waals surface area contributed by atoms with Gasteiger partial charge < -0.3 is 10.2 Å². The summed E-state index contributed by atoms with van der Waals surface area (Å²) < 4.78 is 1.65. The Hall–Kier alpha value is -3.64. The predicted octanol–water partition coefficient (Wildman–Crippen LogP) is 6.22. The third kappa shape index (κ3) is 4.54. The van der Waals surface area contributed by atoms with E-state index in [-0.39, 0.29) is 11.6 Å². The Bertz CT molecular complexity index is 1400. The number of hydrogen-bond donors (Lipinski definition) is 1. The van der Waals surface area contributed by atoms with Gasteiger partial charge in [0.1, 0.15) is 5.82 Å². The van der Waals surface area contributed by atoms with E-state index in [4.69, 9.17) is 16.6 Å². The van der Waals surface area contributed by atoms with Crippen molar-refractivity contribution in [2.24, 2.45) is 0 Å². The molecule has 0 fully saturated rings. The summed E-state index contributed by atoms with van der Waals surface area (Å²) in [5, 5.41) is 3.98. The van der Waals surface area contributed by atoms with Gasteiger partial charge in [-0.2, -0.15) is 0 Å². The van der Waals surface area contributed by atoms with Crippen molar-refractivity contribution in [3.05, 3.63) is 99.6 Å². The quantitative estimate of drug-likeness (QED) is 0.361. The lowest BCUT2D eigenvalue weighted by Gasteiger charge is -2.30. The number of benzene rings is 3. The van der Waals surface area contributed by atoms with E-state index in [2.05, 4.69) is 12.2 Å². The number of nitrogens with one attached hydrogen (secondary N) is 1. The molecule has 34 heavy (non-hydrogen) atoms. The molecule has 1 heterocycles. The fraction of sp³-hybridized carbons (Fsp3) is 0.222. The molecule has 7 heteroatoms. The minimum Gasteiger partial charge on any atom is -0.315 e. The molecule has 174 valence electrons. The Morgan fingerprint density at radius 2 is 1.79 bits per heavy atom. The van der Waals surface area contributed by atoms with E-state index in [1.54, 1.807) is 39.8 Å². The molecule has 1 unspecified atom stereocenters. The molecular formula is C27H27ClN4O2. The summed E-state index contributed by atoms with van der Waals surface area (Å²) in [5.41, 5.74) is 2.86. The Labute approximate surface area is 203 Å². The van der Waals surface area contributed by atoms with Gasteiger partial charge in [-0.05, 0) is 62.2 Å². The molecule has 1 atom stereocenters. The van der Waals surface area contributed by atoms with Gasteiger partial charge in [0.25, 0.3) is 5.56 Å². The summed E-state index contributed by atoms with van der Waals surface area (Å²) in [6, 6.07) is 21.3. The van der Waals surface area contributed by atoms with Crippen LogP contribution in [0.1, 0.15) is 38.2 Å². The van der Waals surface area contributed by atoms with Gasteiger partial charge in [-0.15, -0.1) is 0 Å². The van der Waals surface area contributed by atoms with Crippen molar-refractivity contribution >= 4 is 34.2 Å². The van der Waals surface area contributed by atoms with Crippen molar-refractivity contribution in [1.29, 1.82) is 0 Å². The van der Waals surface area contributed by atoms with Crippen LogP contribution in [0, 0.1) is 0 Å². The van der Waals surface area contributed by atoms with E-state index >= 15 is 0 Å². The summed E-state index contributed by atoms with van der Waals surface area (Å²) in [7, 11) is 0. The van der Waals surface area contributed by atoms with Gasteiger partial charge in [-0.25, -0.2) is 9.78 Å². The number of amides is 2. The van der Waals surface area contributed by atoms with Crippen molar-refractivity contribution in [2.75, 3.05) is 11.9 Å². The normalized spacial score (nSPS) is 11.9. The second-order valence-corrected chi connectivity index (χ2v) is 8.45. The molecular weight excluding hydrogens is 448 g/mol. The van der Waals surface area contributed by atoms with Gasteiger partial charge in [0.05, 0.1) is 22.6 Å². The summed E-state index contributed by atoms with van der Waals surface area (Å²) in [6.45, 7) is 6.27. The Morgan fingerprint density at radius 3 is 2.53 bits per heavy atom. The minimum atomic E-state index is -0.480. The van der Waals surface area contributed by atoms with Gasteiger partial charge in [0, 0.05) is 17.3 Å². The highest BCUT2D eigenvalue weighted by molar-refractivity contribution is 6.30. The molecule has 0 radical (unpaired) electrons. The number of nitrogens with zero attached hydrogens (tertiary/aromatic N) is 3. The lowest BCUT2D eigenvalue weighted by atomic mass is 10.1. The van der Waals surface area contributed by atoms with Crippen LogP contribution in [0.15, 0.2) is 77.6 Å². The number of aromatic nitrogens is 2. The Kier molecular flexibility index (Phi) is 6.98. The number of halogens is 1. The average Bonchev–Trinajstić information content (AvgIpc) is 2.84. The van der Waals surface area contributed by atoms with Gasteiger partial charge >= 0.3 is 6.03 Å². The number of hydrogen-bond acceptors (Lipinski definition) is 3. The van der Waals surface area contributed by atoms with Crippen LogP contribution in [-0.2, 0) is 6.42 Å². The maximum atomic E-state index is 13.7. The zero-order valence-electron chi connectivity index (χ0n) is 19.5. The first-order valence-electron chi connectivity index (χ1n) is 11.4. The fourth-order valence-electron chi connectivity index (χ4n) is 4.19. The highest BCUT2D eigenvalue weighted by Gasteiger charge is 2.26. The Balaban J connectivity index is 1.84. The number of rotatable bonds is 6. The molecule has 6 nitrogen and oxygen atoms in total. The molecule has 1 N–H and O–H groups in total. The van der Waals surface area contributed by atoms with Crippen LogP contribution in [-0.4, -0.2) is 27.0 Å². The standard InChI is InChI=1S/C27H27ClN4O2/c1-4-19-11-6-9-16-24(19)32-25(30-23-15-8-7-14-22(23)26(32)33)18(3)31(5-2)27(34)29-21-13-10-12-20(28)17-21/h6-18H,4-5H2,1-3H3,(H,29,34). The van der Waals surface area contributed by atoms with Crippen LogP contribution in [0.3, 0.4) is 0 Å². The number of aryl methyl sites for hydroxylation is 1. The number of urea groups is 1. The smallest absolute Gasteiger partial charge is 0.315 e. The summed E-state index contributed by atoms with van der Waals surface area (Å²) in [5.74, 6) is 0.507. The molecule has 0 aliphatic carbocycles. The third-order valence-corrected chi connectivity index (χ3v) is 6.17. The summed E-state index contributed by atoms with van der Waals surface area (Å²) in [4.78, 5) is 33.5. The molecule has 2 amide bonds. The molecule has 4 aromatic rings. The molecule has 0 aliphatic heterocycles. The molecule has 0 aliphatic rings. The van der Waals surface area contributed by atoms with Crippen LogP contribution < -0.4 is 10.9 Å². The molecule has 0 bridgehead atoms. The van der Waals surface area contributed by atoms with Gasteiger partial charge in [0.2, 0.25) is 0 Å². The fourth-order valence-corrected chi connectivity index (χ4v) is 4.38. The molecule has 0 saturated carbocycles. The van der Waals surface area contributed by atoms with Gasteiger partial charge in [-0.3, -0.25) is 9.36 Å². The average molecular weight is 475 g/mol. The van der Waals surface area contributed by atoms with Crippen molar-refractivity contribution in [3.63, 3.8) is 0 Å². The van der Waals surface area contributed by atoms with Gasteiger partial charge in [-0.1, -0.05) is 54.9 Å². The third-order valence-electron chi connectivity index (χ3n) is 5.93. The number of para-hydroxylation sites is 2. The monoisotopic (exact) mass is 474 g/mol. The van der Waals surface area contributed by atoms with Crippen LogP contribution in [0.25, 0.3) is 16.6 Å². The number of fused-ring (bicyclic) bond motifs is 1. The molecule has 4 rings (SSSR count). The van der Waals surface area contributed by atoms with Crippen molar-refractivity contribution < 1.29 is 4.79 Å². The van der Waals surface area contributed by atoms with Crippen LogP contribution in [0.2, 0.25) is 5.02 Å². The molecule has 0 saturated heterocycles. The number of carbonyl (C=O) groups is 1. The van der Waals surface area contributed by atoms with E-state index < -0.39 is 6.04 Å². The van der Waals surface area contributed by atoms with E-state index in [0.29, 0.717) is 34.0 Å². The number of carbonyl (C=O) groups excluding carboxylic acids is 1. The predicted molar refractivity (Wildman–Crippen MR) is 138 cm³/mol. The largest absolute Gasteiger partial charge is 0.322 e. The number of anilines is 1. The van der Waals surface area contributed by atoms with Crippen LogP contribution in [0.4, 0.5) is 10.5 Å². The topological polar surface area (TPSA) is 67.2 Å². The second-order valence-electron chi connectivity index (χ2n) is 8.01. The SMILES string of the molecule is CCc1ccccc1-n1c(C(C)N(CC)C(=O)Nc2cccc(Cl)c2)nc2ccccc2c1=O. The molecule has 3 aromatic carbocycles. The summed E-state index contributed by atoms with van der Waals surface area (Å²) in [6.07, 6.45) is 0.760. The zero-order valence-corrected chi connectivity index (χ0v) is 20.2. The highest BCUT2D eigenvalue weighted by atomic mass is 35.5. The first-order chi connectivity index (χ1) is 16.4. The first kappa shape index (κ1) is 23.5. The lowest BCUT2D eigenvalue weighted by Crippen LogP contribution is -2.39. The van der Waals surface area contributed by atoms with E-state index in [1.807, 2.05) is 56.3 Å². The van der Waals surface area contributed by atoms with E-state index in [9.17, 15) is 9.59 Å². The maximum absolute atomic E-state index is 13.7. The molecule has 1 aromatic heterocycles.